The molecule has 1 aliphatic rings. The Kier molecular flexibility index (Phi) is 4.28. The summed E-state index contributed by atoms with van der Waals surface area (Å²) in [6.45, 7) is 4.19. The summed E-state index contributed by atoms with van der Waals surface area (Å²) in [5, 5.41) is 10.3. The molecule has 2 rings (SSSR count). The lowest BCUT2D eigenvalue weighted by molar-refractivity contribution is 0.135. The van der Waals surface area contributed by atoms with Gasteiger partial charge < -0.3 is 9.84 Å². The molecule has 2 atom stereocenters. The molecule has 0 amide bonds. The Morgan fingerprint density at radius 2 is 1.78 bits per heavy atom. The van der Waals surface area contributed by atoms with Crippen molar-refractivity contribution in [3.05, 3.63) is 28.8 Å². The highest BCUT2D eigenvalue weighted by molar-refractivity contribution is 5.43. The molecular weight excluding hydrogens is 224 g/mol. The van der Waals surface area contributed by atoms with Crippen LogP contribution in [-0.4, -0.2) is 18.3 Å². The molecule has 1 fully saturated rings. The molecule has 100 valence electrons. The Bertz CT molecular complexity index is 412. The van der Waals surface area contributed by atoms with Gasteiger partial charge >= 0.3 is 0 Å². The second-order valence-electron chi connectivity index (χ2n) is 5.49. The molecule has 2 heteroatoms. The van der Waals surface area contributed by atoms with E-state index >= 15 is 0 Å². The number of hydrogen-bond donors (Lipinski definition) is 1. The summed E-state index contributed by atoms with van der Waals surface area (Å²) in [4.78, 5) is 0. The van der Waals surface area contributed by atoms with Crippen molar-refractivity contribution in [2.45, 2.75) is 58.0 Å². The van der Waals surface area contributed by atoms with Crippen LogP contribution in [0.4, 0.5) is 0 Å². The second kappa shape index (κ2) is 5.75. The third-order valence-electron chi connectivity index (χ3n) is 4.16. The zero-order valence-corrected chi connectivity index (χ0v) is 11.7. The SMILES string of the molecule is COc1cc(C)c(C2CCCCCC2O)cc1C. The molecule has 0 aromatic heterocycles. The van der Waals surface area contributed by atoms with E-state index in [-0.39, 0.29) is 6.10 Å². The fraction of sp³-hybridized carbons (Fsp3) is 0.625. The van der Waals surface area contributed by atoms with Crippen LogP contribution in [0.15, 0.2) is 12.1 Å². The number of aryl methyl sites for hydroxylation is 2. The Morgan fingerprint density at radius 1 is 1.06 bits per heavy atom. The van der Waals surface area contributed by atoms with E-state index < -0.39 is 0 Å². The monoisotopic (exact) mass is 248 g/mol. The normalized spacial score (nSPS) is 24.7. The molecule has 1 aromatic rings. The van der Waals surface area contributed by atoms with Crippen LogP contribution in [0.2, 0.25) is 0 Å². The summed E-state index contributed by atoms with van der Waals surface area (Å²) >= 11 is 0. The molecule has 1 aliphatic carbocycles. The fourth-order valence-electron chi connectivity index (χ4n) is 3.08. The van der Waals surface area contributed by atoms with Gasteiger partial charge in [0.05, 0.1) is 13.2 Å². The molecular formula is C16H24O2. The molecule has 1 N–H and O–H groups in total. The number of aliphatic hydroxyl groups is 1. The van der Waals surface area contributed by atoms with Crippen LogP contribution < -0.4 is 4.74 Å². The van der Waals surface area contributed by atoms with E-state index in [0.29, 0.717) is 5.92 Å². The highest BCUT2D eigenvalue weighted by Crippen LogP contribution is 2.36. The Balaban J connectivity index is 2.34. The van der Waals surface area contributed by atoms with Gasteiger partial charge in [0.25, 0.3) is 0 Å². The minimum atomic E-state index is -0.181. The third kappa shape index (κ3) is 2.69. The number of benzene rings is 1. The fourth-order valence-corrected chi connectivity index (χ4v) is 3.08. The summed E-state index contributed by atoms with van der Waals surface area (Å²) < 4.78 is 5.36. The number of methoxy groups -OCH3 is 1. The molecule has 0 aliphatic heterocycles. The highest BCUT2D eigenvalue weighted by atomic mass is 16.5. The maximum Gasteiger partial charge on any atom is 0.122 e. The van der Waals surface area contributed by atoms with Crippen molar-refractivity contribution >= 4 is 0 Å². The van der Waals surface area contributed by atoms with Crippen molar-refractivity contribution in [3.63, 3.8) is 0 Å². The molecule has 0 spiro atoms. The van der Waals surface area contributed by atoms with Crippen LogP contribution in [0, 0.1) is 13.8 Å². The quantitative estimate of drug-likeness (QED) is 0.808. The van der Waals surface area contributed by atoms with E-state index in [1.807, 2.05) is 0 Å². The maximum absolute atomic E-state index is 10.3. The minimum Gasteiger partial charge on any atom is -0.496 e. The lowest BCUT2D eigenvalue weighted by Gasteiger charge is -2.23. The van der Waals surface area contributed by atoms with Gasteiger partial charge in [0.1, 0.15) is 5.75 Å². The standard InChI is InChI=1S/C16H24O2/c1-11-10-16(18-3)12(2)9-14(11)13-7-5-4-6-8-15(13)17/h9-10,13,15,17H,4-8H2,1-3H3. The first-order chi connectivity index (χ1) is 8.63. The summed E-state index contributed by atoms with van der Waals surface area (Å²) in [6.07, 6.45) is 5.50. The first-order valence-electron chi connectivity index (χ1n) is 6.96. The molecule has 0 saturated heterocycles. The van der Waals surface area contributed by atoms with E-state index in [4.69, 9.17) is 4.74 Å². The number of ether oxygens (including phenoxy) is 1. The predicted molar refractivity (Wildman–Crippen MR) is 74.3 cm³/mol. The first-order valence-corrected chi connectivity index (χ1v) is 6.96. The highest BCUT2D eigenvalue weighted by Gasteiger charge is 2.25. The van der Waals surface area contributed by atoms with Crippen LogP contribution >= 0.6 is 0 Å². The van der Waals surface area contributed by atoms with Crippen molar-refractivity contribution in [3.8, 4) is 5.75 Å². The maximum atomic E-state index is 10.3. The number of rotatable bonds is 2. The van der Waals surface area contributed by atoms with Crippen molar-refractivity contribution < 1.29 is 9.84 Å². The van der Waals surface area contributed by atoms with Crippen LogP contribution in [0.3, 0.4) is 0 Å². The van der Waals surface area contributed by atoms with E-state index in [0.717, 1.165) is 30.6 Å². The molecule has 18 heavy (non-hydrogen) atoms. The summed E-state index contributed by atoms with van der Waals surface area (Å²) in [5.74, 6) is 1.25. The van der Waals surface area contributed by atoms with Crippen LogP contribution in [0.25, 0.3) is 0 Å². The molecule has 2 nitrogen and oxygen atoms in total. The summed E-state index contributed by atoms with van der Waals surface area (Å²) in [5.41, 5.74) is 3.71. The Labute approximate surface area is 110 Å². The zero-order valence-electron chi connectivity index (χ0n) is 11.7. The van der Waals surface area contributed by atoms with Gasteiger partial charge in [-0.25, -0.2) is 0 Å². The van der Waals surface area contributed by atoms with Crippen molar-refractivity contribution in [1.29, 1.82) is 0 Å². The average Bonchev–Trinajstić information content (AvgIpc) is 2.56. The molecule has 1 saturated carbocycles. The summed E-state index contributed by atoms with van der Waals surface area (Å²) in [6, 6.07) is 4.30. The number of aliphatic hydroxyl groups excluding tert-OH is 1. The summed E-state index contributed by atoms with van der Waals surface area (Å²) in [7, 11) is 1.71. The van der Waals surface area contributed by atoms with Gasteiger partial charge in [0, 0.05) is 5.92 Å². The third-order valence-corrected chi connectivity index (χ3v) is 4.16. The topological polar surface area (TPSA) is 29.5 Å². The van der Waals surface area contributed by atoms with Crippen molar-refractivity contribution in [2.75, 3.05) is 7.11 Å². The van der Waals surface area contributed by atoms with Gasteiger partial charge in [-0.2, -0.15) is 0 Å². The lowest BCUT2D eigenvalue weighted by Crippen LogP contribution is -2.18. The molecule has 1 aromatic carbocycles. The van der Waals surface area contributed by atoms with Crippen molar-refractivity contribution in [1.82, 2.24) is 0 Å². The Morgan fingerprint density at radius 3 is 2.50 bits per heavy atom. The molecule has 0 heterocycles. The van der Waals surface area contributed by atoms with Gasteiger partial charge in [0.2, 0.25) is 0 Å². The van der Waals surface area contributed by atoms with E-state index in [9.17, 15) is 5.11 Å². The van der Waals surface area contributed by atoms with E-state index in [2.05, 4.69) is 26.0 Å². The van der Waals surface area contributed by atoms with Gasteiger partial charge in [-0.3, -0.25) is 0 Å². The zero-order chi connectivity index (χ0) is 13.1. The van der Waals surface area contributed by atoms with Crippen molar-refractivity contribution in [2.24, 2.45) is 0 Å². The number of hydrogen-bond acceptors (Lipinski definition) is 2. The minimum absolute atomic E-state index is 0.181. The smallest absolute Gasteiger partial charge is 0.122 e. The van der Waals surface area contributed by atoms with Crippen LogP contribution in [-0.2, 0) is 0 Å². The molecule has 2 unspecified atom stereocenters. The second-order valence-corrected chi connectivity index (χ2v) is 5.49. The van der Waals surface area contributed by atoms with E-state index in [1.54, 1.807) is 7.11 Å². The van der Waals surface area contributed by atoms with Gasteiger partial charge in [-0.05, 0) is 49.4 Å². The first kappa shape index (κ1) is 13.4. The molecule has 0 bridgehead atoms. The van der Waals surface area contributed by atoms with Gasteiger partial charge in [-0.15, -0.1) is 0 Å². The lowest BCUT2D eigenvalue weighted by atomic mass is 9.86. The Hall–Kier alpha value is -1.02. The van der Waals surface area contributed by atoms with Gasteiger partial charge in [-0.1, -0.05) is 25.3 Å². The van der Waals surface area contributed by atoms with Crippen LogP contribution in [0.1, 0.15) is 54.7 Å². The van der Waals surface area contributed by atoms with Crippen LogP contribution in [0.5, 0.6) is 5.75 Å². The van der Waals surface area contributed by atoms with Gasteiger partial charge in [0.15, 0.2) is 0 Å². The van der Waals surface area contributed by atoms with E-state index in [1.165, 1.54) is 24.0 Å². The largest absolute Gasteiger partial charge is 0.496 e. The predicted octanol–water partition coefficient (Wildman–Crippen LogP) is 3.72. The molecule has 0 radical (unpaired) electrons. The average molecular weight is 248 g/mol.